The average Bonchev–Trinajstić information content (AvgIpc) is 2.95. The lowest BCUT2D eigenvalue weighted by molar-refractivity contribution is 0.0977. The van der Waals surface area contributed by atoms with Gasteiger partial charge < -0.3 is 10.1 Å². The van der Waals surface area contributed by atoms with Gasteiger partial charge in [0, 0.05) is 5.56 Å². The van der Waals surface area contributed by atoms with Gasteiger partial charge in [0.25, 0.3) is 5.91 Å². The van der Waals surface area contributed by atoms with Crippen molar-refractivity contribution < 1.29 is 13.9 Å². The molecular formula is C16H12FN3O2S2. The Labute approximate surface area is 146 Å². The van der Waals surface area contributed by atoms with Crippen LogP contribution in [0.3, 0.4) is 0 Å². The van der Waals surface area contributed by atoms with E-state index >= 15 is 0 Å². The number of amides is 1. The molecule has 1 heterocycles. The number of carbonyl (C=O) groups is 1. The molecule has 0 aliphatic rings. The summed E-state index contributed by atoms with van der Waals surface area (Å²) >= 11 is 6.48. The summed E-state index contributed by atoms with van der Waals surface area (Å²) in [6.07, 6.45) is 0. The standard InChI is InChI=1S/C16H12FN3O2S2/c1-22-11-5-6-12-13(8-11)24-16(18-12)20-15(23)19-14(21)9-3-2-4-10(17)7-9/h2-8H,1H3,(H2,18,19,20,21,23). The largest absolute Gasteiger partial charge is 0.497 e. The van der Waals surface area contributed by atoms with Gasteiger partial charge in [-0.05, 0) is 48.6 Å². The number of methoxy groups -OCH3 is 1. The maximum Gasteiger partial charge on any atom is 0.257 e. The molecule has 5 nitrogen and oxygen atoms in total. The lowest BCUT2D eigenvalue weighted by atomic mass is 10.2. The Morgan fingerprint density at radius 2 is 2.12 bits per heavy atom. The zero-order valence-electron chi connectivity index (χ0n) is 12.5. The number of fused-ring (bicyclic) bond motifs is 1. The van der Waals surface area contributed by atoms with Gasteiger partial charge in [-0.15, -0.1) is 0 Å². The zero-order chi connectivity index (χ0) is 17.1. The van der Waals surface area contributed by atoms with E-state index in [1.807, 2.05) is 18.2 Å². The molecular weight excluding hydrogens is 349 g/mol. The summed E-state index contributed by atoms with van der Waals surface area (Å²) < 4.78 is 19.2. The number of carbonyl (C=O) groups excluding carboxylic acids is 1. The van der Waals surface area contributed by atoms with Crippen molar-refractivity contribution in [1.29, 1.82) is 0 Å². The van der Waals surface area contributed by atoms with E-state index in [1.54, 1.807) is 7.11 Å². The Morgan fingerprint density at radius 3 is 2.88 bits per heavy atom. The summed E-state index contributed by atoms with van der Waals surface area (Å²) in [5.41, 5.74) is 0.982. The molecule has 3 rings (SSSR count). The first kappa shape index (κ1) is 16.3. The van der Waals surface area contributed by atoms with E-state index in [-0.39, 0.29) is 10.7 Å². The minimum Gasteiger partial charge on any atom is -0.497 e. The van der Waals surface area contributed by atoms with Crippen molar-refractivity contribution in [3.63, 3.8) is 0 Å². The van der Waals surface area contributed by atoms with Crippen LogP contribution in [0, 0.1) is 5.82 Å². The molecule has 2 aromatic carbocycles. The van der Waals surface area contributed by atoms with Crippen LogP contribution in [0.15, 0.2) is 42.5 Å². The SMILES string of the molecule is COc1ccc2nc(NC(=S)NC(=O)c3cccc(F)c3)sc2c1. The summed E-state index contributed by atoms with van der Waals surface area (Å²) in [6, 6.07) is 10.9. The van der Waals surface area contributed by atoms with Crippen LogP contribution in [0.5, 0.6) is 5.75 Å². The quantitative estimate of drug-likeness (QED) is 0.699. The van der Waals surface area contributed by atoms with Gasteiger partial charge in [-0.2, -0.15) is 0 Å². The van der Waals surface area contributed by atoms with Gasteiger partial charge in [0.15, 0.2) is 10.2 Å². The first-order chi connectivity index (χ1) is 11.5. The Morgan fingerprint density at radius 1 is 1.29 bits per heavy atom. The summed E-state index contributed by atoms with van der Waals surface area (Å²) in [5, 5.41) is 5.99. The van der Waals surface area contributed by atoms with Crippen molar-refractivity contribution in [3.8, 4) is 5.75 Å². The number of ether oxygens (including phenoxy) is 1. The van der Waals surface area contributed by atoms with Gasteiger partial charge in [0.2, 0.25) is 0 Å². The minimum atomic E-state index is -0.491. The van der Waals surface area contributed by atoms with Crippen LogP contribution in [0.1, 0.15) is 10.4 Å². The van der Waals surface area contributed by atoms with Gasteiger partial charge in [0.05, 0.1) is 17.3 Å². The molecule has 0 atom stereocenters. The Hall–Kier alpha value is -2.58. The first-order valence-electron chi connectivity index (χ1n) is 6.87. The lowest BCUT2D eigenvalue weighted by Gasteiger charge is -2.07. The molecule has 0 unspecified atom stereocenters. The molecule has 0 spiro atoms. The fourth-order valence-corrected chi connectivity index (χ4v) is 3.17. The highest BCUT2D eigenvalue weighted by molar-refractivity contribution is 7.80. The number of hydrogen-bond donors (Lipinski definition) is 2. The van der Waals surface area contributed by atoms with Crippen molar-refractivity contribution in [3.05, 3.63) is 53.8 Å². The molecule has 0 aliphatic carbocycles. The molecule has 0 saturated heterocycles. The second kappa shape index (κ2) is 6.90. The normalized spacial score (nSPS) is 10.4. The average molecular weight is 361 g/mol. The number of thiocarbonyl (C=S) groups is 1. The summed E-state index contributed by atoms with van der Waals surface area (Å²) in [5.74, 6) is -0.240. The molecule has 1 amide bonds. The van der Waals surface area contributed by atoms with Gasteiger partial charge in [-0.3, -0.25) is 10.1 Å². The smallest absolute Gasteiger partial charge is 0.257 e. The third-order valence-corrected chi connectivity index (χ3v) is 4.27. The Kier molecular flexibility index (Phi) is 4.68. The molecule has 0 saturated carbocycles. The highest BCUT2D eigenvalue weighted by atomic mass is 32.1. The van der Waals surface area contributed by atoms with Crippen molar-refractivity contribution in [2.75, 3.05) is 12.4 Å². The molecule has 1 aromatic heterocycles. The van der Waals surface area contributed by atoms with Crippen LogP contribution >= 0.6 is 23.6 Å². The van der Waals surface area contributed by atoms with Crippen LogP contribution in [0.2, 0.25) is 0 Å². The number of benzene rings is 2. The number of aromatic nitrogens is 1. The molecule has 24 heavy (non-hydrogen) atoms. The molecule has 3 aromatic rings. The van der Waals surface area contributed by atoms with E-state index in [0.717, 1.165) is 22.0 Å². The number of nitrogens with zero attached hydrogens (tertiary/aromatic N) is 1. The van der Waals surface area contributed by atoms with Crippen LogP contribution in [-0.4, -0.2) is 23.1 Å². The zero-order valence-corrected chi connectivity index (χ0v) is 14.1. The molecule has 0 bridgehead atoms. The van der Waals surface area contributed by atoms with Gasteiger partial charge in [-0.1, -0.05) is 17.4 Å². The number of hydrogen-bond acceptors (Lipinski definition) is 5. The van der Waals surface area contributed by atoms with Crippen LogP contribution in [-0.2, 0) is 0 Å². The lowest BCUT2D eigenvalue weighted by Crippen LogP contribution is -2.34. The first-order valence-corrected chi connectivity index (χ1v) is 8.10. The maximum atomic E-state index is 13.1. The maximum absolute atomic E-state index is 13.1. The summed E-state index contributed by atoms with van der Waals surface area (Å²) in [4.78, 5) is 16.4. The van der Waals surface area contributed by atoms with Crippen LogP contribution in [0.25, 0.3) is 10.2 Å². The van der Waals surface area contributed by atoms with Crippen molar-refractivity contribution >= 4 is 49.9 Å². The van der Waals surface area contributed by atoms with Crippen molar-refractivity contribution in [2.45, 2.75) is 0 Å². The van der Waals surface area contributed by atoms with Crippen LogP contribution in [0.4, 0.5) is 9.52 Å². The molecule has 8 heteroatoms. The number of rotatable bonds is 3. The van der Waals surface area contributed by atoms with E-state index in [0.29, 0.717) is 5.13 Å². The van der Waals surface area contributed by atoms with E-state index in [4.69, 9.17) is 17.0 Å². The van der Waals surface area contributed by atoms with E-state index in [1.165, 1.54) is 29.5 Å². The Balaban J connectivity index is 1.69. The van der Waals surface area contributed by atoms with Gasteiger partial charge in [0.1, 0.15) is 11.6 Å². The fourth-order valence-electron chi connectivity index (χ4n) is 2.02. The second-order valence-corrected chi connectivity index (χ2v) is 6.21. The van der Waals surface area contributed by atoms with E-state index < -0.39 is 11.7 Å². The van der Waals surface area contributed by atoms with Gasteiger partial charge >= 0.3 is 0 Å². The summed E-state index contributed by atoms with van der Waals surface area (Å²) in [7, 11) is 1.60. The van der Waals surface area contributed by atoms with Crippen LogP contribution < -0.4 is 15.4 Å². The van der Waals surface area contributed by atoms with Crippen molar-refractivity contribution in [1.82, 2.24) is 10.3 Å². The second-order valence-electron chi connectivity index (χ2n) is 4.77. The number of anilines is 1. The minimum absolute atomic E-state index is 0.0929. The fraction of sp³-hybridized carbons (Fsp3) is 0.0625. The topological polar surface area (TPSA) is 63.2 Å². The monoisotopic (exact) mass is 361 g/mol. The Bertz CT molecular complexity index is 927. The molecule has 0 fully saturated rings. The van der Waals surface area contributed by atoms with Crippen molar-refractivity contribution in [2.24, 2.45) is 0 Å². The number of thiazole rings is 1. The molecule has 122 valence electrons. The summed E-state index contributed by atoms with van der Waals surface area (Å²) in [6.45, 7) is 0. The van der Waals surface area contributed by atoms with Gasteiger partial charge in [-0.25, -0.2) is 9.37 Å². The highest BCUT2D eigenvalue weighted by Crippen LogP contribution is 2.29. The third-order valence-electron chi connectivity index (χ3n) is 3.13. The molecule has 2 N–H and O–H groups in total. The third kappa shape index (κ3) is 3.66. The number of nitrogens with one attached hydrogen (secondary N) is 2. The highest BCUT2D eigenvalue weighted by Gasteiger charge is 2.11. The number of halogens is 1. The predicted octanol–water partition coefficient (Wildman–Crippen LogP) is 3.57. The molecule has 0 radical (unpaired) electrons. The molecule has 0 aliphatic heterocycles. The van der Waals surface area contributed by atoms with E-state index in [2.05, 4.69) is 15.6 Å². The van der Waals surface area contributed by atoms with E-state index in [9.17, 15) is 9.18 Å². The predicted molar refractivity (Wildman–Crippen MR) is 96.3 cm³/mol.